The van der Waals surface area contributed by atoms with Crippen LogP contribution in [0.1, 0.15) is 35.2 Å². The van der Waals surface area contributed by atoms with Crippen LogP contribution >= 0.6 is 27.5 Å². The lowest BCUT2D eigenvalue weighted by atomic mass is 9.95. The topological polar surface area (TPSA) is 12.0 Å². The van der Waals surface area contributed by atoms with Crippen molar-refractivity contribution in [2.24, 2.45) is 0 Å². The molecule has 0 aliphatic carbocycles. The highest BCUT2D eigenvalue weighted by Crippen LogP contribution is 2.31. The SMILES string of the molecule is CCNC(c1ccc(C)c(C)c1)c1ccc(Br)cc1Cl. The van der Waals surface area contributed by atoms with Crippen LogP contribution in [-0.2, 0) is 0 Å². The zero-order chi connectivity index (χ0) is 14.7. The maximum Gasteiger partial charge on any atom is 0.0591 e. The van der Waals surface area contributed by atoms with Gasteiger partial charge in [-0.3, -0.25) is 0 Å². The van der Waals surface area contributed by atoms with E-state index in [0.717, 1.165) is 21.6 Å². The molecule has 0 aliphatic heterocycles. The maximum absolute atomic E-state index is 6.41. The Kier molecular flexibility index (Phi) is 5.25. The number of rotatable bonds is 4. The van der Waals surface area contributed by atoms with Crippen molar-refractivity contribution in [1.82, 2.24) is 5.32 Å². The summed E-state index contributed by atoms with van der Waals surface area (Å²) in [4.78, 5) is 0. The van der Waals surface area contributed by atoms with Gasteiger partial charge in [0.15, 0.2) is 0 Å². The second-order valence-electron chi connectivity index (χ2n) is 5.00. The minimum atomic E-state index is 0.125. The fourth-order valence-corrected chi connectivity index (χ4v) is 3.07. The molecule has 1 nitrogen and oxygen atoms in total. The average molecular weight is 353 g/mol. The molecule has 20 heavy (non-hydrogen) atoms. The Morgan fingerprint density at radius 1 is 1.10 bits per heavy atom. The lowest BCUT2D eigenvalue weighted by Gasteiger charge is -2.21. The molecule has 3 heteroatoms. The third kappa shape index (κ3) is 3.43. The van der Waals surface area contributed by atoms with Crippen molar-refractivity contribution in [3.8, 4) is 0 Å². The van der Waals surface area contributed by atoms with Gasteiger partial charge >= 0.3 is 0 Å². The largest absolute Gasteiger partial charge is 0.306 e. The zero-order valence-corrected chi connectivity index (χ0v) is 14.3. The number of aryl methyl sites for hydroxylation is 2. The summed E-state index contributed by atoms with van der Waals surface area (Å²) < 4.78 is 1.00. The number of hydrogen-bond donors (Lipinski definition) is 1. The first-order valence-electron chi connectivity index (χ1n) is 6.78. The van der Waals surface area contributed by atoms with Crippen molar-refractivity contribution in [2.75, 3.05) is 6.54 Å². The van der Waals surface area contributed by atoms with E-state index in [4.69, 9.17) is 11.6 Å². The lowest BCUT2D eigenvalue weighted by molar-refractivity contribution is 0.630. The summed E-state index contributed by atoms with van der Waals surface area (Å²) in [7, 11) is 0. The van der Waals surface area contributed by atoms with Crippen molar-refractivity contribution in [3.63, 3.8) is 0 Å². The molecule has 0 heterocycles. The Bertz CT molecular complexity index is 610. The molecule has 0 saturated heterocycles. The summed E-state index contributed by atoms with van der Waals surface area (Å²) in [6.45, 7) is 7.28. The van der Waals surface area contributed by atoms with Crippen molar-refractivity contribution >= 4 is 27.5 Å². The van der Waals surface area contributed by atoms with Gasteiger partial charge in [0.25, 0.3) is 0 Å². The molecule has 0 radical (unpaired) electrons. The molecule has 2 aromatic carbocycles. The van der Waals surface area contributed by atoms with E-state index in [0.29, 0.717) is 0 Å². The van der Waals surface area contributed by atoms with E-state index in [2.05, 4.69) is 66.3 Å². The van der Waals surface area contributed by atoms with Crippen molar-refractivity contribution in [3.05, 3.63) is 68.1 Å². The molecule has 0 aromatic heterocycles. The molecule has 0 aliphatic rings. The molecule has 1 atom stereocenters. The van der Waals surface area contributed by atoms with Gasteiger partial charge in [0.2, 0.25) is 0 Å². The van der Waals surface area contributed by atoms with Crippen LogP contribution < -0.4 is 5.32 Å². The van der Waals surface area contributed by atoms with Gasteiger partial charge in [0.05, 0.1) is 6.04 Å². The highest BCUT2D eigenvalue weighted by Gasteiger charge is 2.16. The predicted molar refractivity (Wildman–Crippen MR) is 90.6 cm³/mol. The van der Waals surface area contributed by atoms with E-state index in [-0.39, 0.29) is 6.04 Å². The summed E-state index contributed by atoms with van der Waals surface area (Å²) in [5, 5.41) is 4.30. The van der Waals surface area contributed by atoms with Gasteiger partial charge in [0, 0.05) is 9.50 Å². The fourth-order valence-electron chi connectivity index (χ4n) is 2.29. The van der Waals surface area contributed by atoms with E-state index < -0.39 is 0 Å². The molecular formula is C17H19BrClN. The van der Waals surface area contributed by atoms with Crippen molar-refractivity contribution in [1.29, 1.82) is 0 Å². The van der Waals surface area contributed by atoms with Gasteiger partial charge in [-0.1, -0.05) is 58.7 Å². The van der Waals surface area contributed by atoms with E-state index in [9.17, 15) is 0 Å². The van der Waals surface area contributed by atoms with E-state index in [1.165, 1.54) is 16.7 Å². The normalized spacial score (nSPS) is 12.4. The quantitative estimate of drug-likeness (QED) is 0.775. The van der Waals surface area contributed by atoms with Crippen LogP contribution in [0.2, 0.25) is 5.02 Å². The minimum Gasteiger partial charge on any atom is -0.306 e. The molecule has 0 saturated carbocycles. The number of nitrogens with one attached hydrogen (secondary N) is 1. The number of benzene rings is 2. The van der Waals surface area contributed by atoms with Crippen molar-refractivity contribution in [2.45, 2.75) is 26.8 Å². The number of hydrogen-bond acceptors (Lipinski definition) is 1. The van der Waals surface area contributed by atoms with Crippen LogP contribution in [0.4, 0.5) is 0 Å². The van der Waals surface area contributed by atoms with Gasteiger partial charge in [-0.05, 0) is 54.8 Å². The Balaban J connectivity index is 2.47. The minimum absolute atomic E-state index is 0.125. The third-order valence-electron chi connectivity index (χ3n) is 3.55. The van der Waals surface area contributed by atoms with Gasteiger partial charge < -0.3 is 5.32 Å². The Labute approximate surface area is 134 Å². The fraction of sp³-hybridized carbons (Fsp3) is 0.294. The number of halogens is 2. The summed E-state index contributed by atoms with van der Waals surface area (Å²) in [6.07, 6.45) is 0. The molecule has 1 N–H and O–H groups in total. The third-order valence-corrected chi connectivity index (χ3v) is 4.37. The summed E-state index contributed by atoms with van der Waals surface area (Å²) in [6, 6.07) is 12.8. The van der Waals surface area contributed by atoms with Gasteiger partial charge in [-0.2, -0.15) is 0 Å². The molecule has 0 bridgehead atoms. The van der Waals surface area contributed by atoms with Gasteiger partial charge in [-0.25, -0.2) is 0 Å². The maximum atomic E-state index is 6.41. The molecule has 2 aromatic rings. The predicted octanol–water partition coefficient (Wildman–Crippen LogP) is 5.42. The average Bonchev–Trinajstić information content (AvgIpc) is 2.40. The van der Waals surface area contributed by atoms with Gasteiger partial charge in [0.1, 0.15) is 0 Å². The Morgan fingerprint density at radius 2 is 1.85 bits per heavy atom. The first-order valence-corrected chi connectivity index (χ1v) is 7.95. The molecule has 2 rings (SSSR count). The van der Waals surface area contributed by atoms with Crippen LogP contribution in [-0.4, -0.2) is 6.54 Å². The standard InChI is InChI=1S/C17H19BrClN/c1-4-20-17(13-6-5-11(2)12(3)9-13)15-8-7-14(18)10-16(15)19/h5-10,17,20H,4H2,1-3H3. The summed E-state index contributed by atoms with van der Waals surface area (Å²) in [5.41, 5.74) is 4.98. The highest BCUT2D eigenvalue weighted by molar-refractivity contribution is 9.10. The first-order chi connectivity index (χ1) is 9.52. The molecule has 0 amide bonds. The molecule has 106 valence electrons. The van der Waals surface area contributed by atoms with Crippen molar-refractivity contribution < 1.29 is 0 Å². The second-order valence-corrected chi connectivity index (χ2v) is 6.32. The molecular weight excluding hydrogens is 334 g/mol. The Hall–Kier alpha value is -0.830. The monoisotopic (exact) mass is 351 g/mol. The molecule has 1 unspecified atom stereocenters. The van der Waals surface area contributed by atoms with E-state index in [1.54, 1.807) is 0 Å². The molecule has 0 spiro atoms. The summed E-state index contributed by atoms with van der Waals surface area (Å²) >= 11 is 9.87. The van der Waals surface area contributed by atoms with Crippen LogP contribution in [0.3, 0.4) is 0 Å². The zero-order valence-electron chi connectivity index (χ0n) is 12.0. The highest BCUT2D eigenvalue weighted by atomic mass is 79.9. The van der Waals surface area contributed by atoms with E-state index >= 15 is 0 Å². The van der Waals surface area contributed by atoms with Crippen LogP contribution in [0, 0.1) is 13.8 Å². The van der Waals surface area contributed by atoms with Crippen LogP contribution in [0.25, 0.3) is 0 Å². The second kappa shape index (κ2) is 6.75. The molecule has 0 fully saturated rings. The van der Waals surface area contributed by atoms with Crippen LogP contribution in [0.5, 0.6) is 0 Å². The van der Waals surface area contributed by atoms with Crippen LogP contribution in [0.15, 0.2) is 40.9 Å². The lowest BCUT2D eigenvalue weighted by Crippen LogP contribution is -2.22. The Morgan fingerprint density at radius 3 is 2.45 bits per heavy atom. The van der Waals surface area contributed by atoms with E-state index in [1.807, 2.05) is 12.1 Å². The van der Waals surface area contributed by atoms with Gasteiger partial charge in [-0.15, -0.1) is 0 Å². The smallest absolute Gasteiger partial charge is 0.0591 e. The first kappa shape index (κ1) is 15.6. The summed E-state index contributed by atoms with van der Waals surface area (Å²) in [5.74, 6) is 0.